The lowest BCUT2D eigenvalue weighted by atomic mass is 10.5. The lowest BCUT2D eigenvalue weighted by molar-refractivity contribution is 1.18. The Bertz CT molecular complexity index is 303. The minimum atomic E-state index is -0.455. The second-order valence-electron chi connectivity index (χ2n) is 1.48. The second-order valence-corrected chi connectivity index (χ2v) is 1.48. The predicted molar refractivity (Wildman–Crippen MR) is 41.9 cm³/mol. The smallest absolute Gasteiger partial charge is 0.325 e. The van der Waals surface area contributed by atoms with Gasteiger partial charge >= 0.3 is 5.69 Å². The van der Waals surface area contributed by atoms with Crippen LogP contribution >= 0.6 is 0 Å². The van der Waals surface area contributed by atoms with Crippen LogP contribution in [0.1, 0.15) is 19.5 Å². The predicted octanol–water partition coefficient (Wildman–Crippen LogP) is 0.183. The highest BCUT2D eigenvalue weighted by Gasteiger charge is 1.98. The van der Waals surface area contributed by atoms with Gasteiger partial charge in [-0.05, 0) is 0 Å². The van der Waals surface area contributed by atoms with Crippen LogP contribution < -0.4 is 11.4 Å². The van der Waals surface area contributed by atoms with Gasteiger partial charge < -0.3 is 5.73 Å². The van der Waals surface area contributed by atoms with Crippen molar-refractivity contribution in [2.75, 3.05) is 5.73 Å². The van der Waals surface area contributed by atoms with E-state index >= 15 is 0 Å². The van der Waals surface area contributed by atoms with Crippen LogP contribution in [0.4, 0.5) is 5.82 Å². The fraction of sp³-hybridized carbons (Fsp3) is 0.333. The van der Waals surface area contributed by atoms with Crippen molar-refractivity contribution in [1.82, 2.24) is 9.97 Å². The second kappa shape index (κ2) is 4.17. The zero-order chi connectivity index (χ0) is 8.85. The summed E-state index contributed by atoms with van der Waals surface area (Å²) in [6.45, 7) is 4.00. The van der Waals surface area contributed by atoms with Crippen LogP contribution in [-0.2, 0) is 0 Å². The summed E-state index contributed by atoms with van der Waals surface area (Å²) >= 11 is 0. The summed E-state index contributed by atoms with van der Waals surface area (Å²) in [5, 5.41) is 8.21. The van der Waals surface area contributed by atoms with Crippen molar-refractivity contribution in [2.45, 2.75) is 13.8 Å². The van der Waals surface area contributed by atoms with Gasteiger partial charge in [0.05, 0.1) is 0 Å². The van der Waals surface area contributed by atoms with Crippen molar-refractivity contribution in [3.8, 4) is 6.07 Å². The number of aromatic amines is 2. The molecule has 0 aromatic carbocycles. The van der Waals surface area contributed by atoms with Crippen LogP contribution in [0.2, 0.25) is 0 Å². The molecule has 4 N–H and O–H groups in total. The van der Waals surface area contributed by atoms with Crippen molar-refractivity contribution >= 4 is 5.82 Å². The summed E-state index contributed by atoms with van der Waals surface area (Å²) in [4.78, 5) is 14.7. The highest BCUT2D eigenvalue weighted by atomic mass is 16.1. The standard InChI is InChI=1S/C4H4N4O.C2H6/c5-1-2-3(6)8-4(9)7-2;1-2/h6H2,(H2,7,8,9);1-2H3. The Balaban J connectivity index is 0.000000461. The first kappa shape index (κ1) is 9.30. The number of nitrogens with two attached hydrogens (primary N) is 1. The zero-order valence-corrected chi connectivity index (χ0v) is 6.43. The number of aromatic nitrogens is 2. The molecular formula is C6H10N4O. The third-order valence-electron chi connectivity index (χ3n) is 0.868. The monoisotopic (exact) mass is 154 g/mol. The molecule has 1 rings (SSSR count). The third-order valence-corrected chi connectivity index (χ3v) is 0.868. The Morgan fingerprint density at radius 1 is 1.45 bits per heavy atom. The average molecular weight is 154 g/mol. The van der Waals surface area contributed by atoms with E-state index in [4.69, 9.17) is 11.0 Å². The first-order valence-corrected chi connectivity index (χ1v) is 3.22. The molecule has 5 heteroatoms. The summed E-state index contributed by atoms with van der Waals surface area (Å²) in [5.74, 6) is 0.0856. The Hall–Kier alpha value is -1.70. The number of hydrogen-bond donors (Lipinski definition) is 3. The molecule has 0 bridgehead atoms. The van der Waals surface area contributed by atoms with Crippen molar-refractivity contribution in [3.05, 3.63) is 16.2 Å². The molecule has 0 aliphatic rings. The van der Waals surface area contributed by atoms with Gasteiger partial charge in [0.1, 0.15) is 11.9 Å². The SMILES string of the molecule is CC.N#Cc1[nH]c(=O)[nH]c1N. The zero-order valence-electron chi connectivity index (χ0n) is 6.43. The van der Waals surface area contributed by atoms with E-state index in [0.717, 1.165) is 0 Å². The van der Waals surface area contributed by atoms with E-state index < -0.39 is 5.69 Å². The highest BCUT2D eigenvalue weighted by molar-refractivity contribution is 5.42. The molecule has 0 unspecified atom stereocenters. The Morgan fingerprint density at radius 3 is 2.18 bits per heavy atom. The molecule has 0 radical (unpaired) electrons. The van der Waals surface area contributed by atoms with Gasteiger partial charge in [-0.3, -0.25) is 9.97 Å². The number of anilines is 1. The number of nitrogens with zero attached hydrogens (tertiary/aromatic N) is 1. The van der Waals surface area contributed by atoms with Crippen LogP contribution in [0.5, 0.6) is 0 Å². The van der Waals surface area contributed by atoms with Crippen molar-refractivity contribution < 1.29 is 0 Å². The number of nitriles is 1. The van der Waals surface area contributed by atoms with E-state index in [9.17, 15) is 4.79 Å². The highest BCUT2D eigenvalue weighted by Crippen LogP contribution is 1.95. The maximum absolute atomic E-state index is 10.3. The molecule has 0 aliphatic heterocycles. The van der Waals surface area contributed by atoms with Crippen LogP contribution in [0.25, 0.3) is 0 Å². The summed E-state index contributed by atoms with van der Waals surface area (Å²) in [7, 11) is 0. The fourth-order valence-electron chi connectivity index (χ4n) is 0.485. The Kier molecular flexibility index (Phi) is 3.52. The van der Waals surface area contributed by atoms with E-state index in [1.54, 1.807) is 6.07 Å². The van der Waals surface area contributed by atoms with E-state index in [-0.39, 0.29) is 11.5 Å². The maximum atomic E-state index is 10.3. The third kappa shape index (κ3) is 2.18. The van der Waals surface area contributed by atoms with E-state index in [2.05, 4.69) is 9.97 Å². The van der Waals surface area contributed by atoms with Gasteiger partial charge in [0, 0.05) is 0 Å². The average Bonchev–Trinajstić information content (AvgIpc) is 2.33. The molecule has 0 atom stereocenters. The van der Waals surface area contributed by atoms with Crippen LogP contribution in [0.15, 0.2) is 4.79 Å². The molecule has 0 aliphatic carbocycles. The van der Waals surface area contributed by atoms with Gasteiger partial charge in [-0.1, -0.05) is 13.8 Å². The summed E-state index contributed by atoms with van der Waals surface area (Å²) < 4.78 is 0. The van der Waals surface area contributed by atoms with Crippen LogP contribution in [0, 0.1) is 11.3 Å². The summed E-state index contributed by atoms with van der Waals surface area (Å²) in [6, 6.07) is 1.70. The number of H-pyrrole nitrogens is 2. The molecule has 0 fully saturated rings. The van der Waals surface area contributed by atoms with Crippen LogP contribution in [0.3, 0.4) is 0 Å². The molecule has 0 spiro atoms. The first-order valence-electron chi connectivity index (χ1n) is 3.22. The van der Waals surface area contributed by atoms with Gasteiger partial charge in [-0.15, -0.1) is 0 Å². The topological polar surface area (TPSA) is 98.5 Å². The van der Waals surface area contributed by atoms with Gasteiger partial charge in [0.2, 0.25) is 0 Å². The maximum Gasteiger partial charge on any atom is 0.325 e. The van der Waals surface area contributed by atoms with Gasteiger partial charge in [-0.25, -0.2) is 4.79 Å². The van der Waals surface area contributed by atoms with E-state index in [1.165, 1.54) is 0 Å². The number of rotatable bonds is 0. The molecule has 0 amide bonds. The number of nitrogen functional groups attached to an aromatic ring is 1. The number of hydrogen-bond acceptors (Lipinski definition) is 3. The quantitative estimate of drug-likeness (QED) is 0.497. The molecule has 1 aromatic rings. The van der Waals surface area contributed by atoms with Gasteiger partial charge in [0.25, 0.3) is 0 Å². The van der Waals surface area contributed by atoms with Crippen LogP contribution in [-0.4, -0.2) is 9.97 Å². The molecule has 11 heavy (non-hydrogen) atoms. The minimum absolute atomic E-state index is 0.0833. The number of imidazole rings is 1. The van der Waals surface area contributed by atoms with Crippen molar-refractivity contribution in [1.29, 1.82) is 5.26 Å². The Morgan fingerprint density at radius 2 is 2.00 bits per heavy atom. The Labute approximate surface area is 63.9 Å². The molecule has 0 saturated carbocycles. The molecule has 0 saturated heterocycles. The van der Waals surface area contributed by atoms with Gasteiger partial charge in [-0.2, -0.15) is 5.26 Å². The van der Waals surface area contributed by atoms with E-state index in [0.29, 0.717) is 0 Å². The van der Waals surface area contributed by atoms with E-state index in [1.807, 2.05) is 13.8 Å². The lowest BCUT2D eigenvalue weighted by Crippen LogP contribution is -2.00. The molecule has 1 heterocycles. The number of nitrogens with one attached hydrogen (secondary N) is 2. The minimum Gasteiger partial charge on any atom is -0.383 e. The summed E-state index contributed by atoms with van der Waals surface area (Å²) in [6.07, 6.45) is 0. The normalized spacial score (nSPS) is 7.73. The lowest BCUT2D eigenvalue weighted by Gasteiger charge is -1.77. The molecule has 1 aromatic heterocycles. The molecule has 5 nitrogen and oxygen atoms in total. The molecular weight excluding hydrogens is 144 g/mol. The first-order chi connectivity index (χ1) is 5.24. The van der Waals surface area contributed by atoms with Gasteiger partial charge in [0.15, 0.2) is 5.69 Å². The molecule has 60 valence electrons. The van der Waals surface area contributed by atoms with Crippen molar-refractivity contribution in [2.24, 2.45) is 0 Å². The van der Waals surface area contributed by atoms with Crippen molar-refractivity contribution in [3.63, 3.8) is 0 Å². The fourth-order valence-corrected chi connectivity index (χ4v) is 0.485. The largest absolute Gasteiger partial charge is 0.383 e. The summed E-state index contributed by atoms with van der Waals surface area (Å²) in [5.41, 5.74) is 4.77.